The Hall–Kier alpha value is -2.41. The van der Waals surface area contributed by atoms with Crippen LogP contribution in [0.5, 0.6) is 0 Å². The van der Waals surface area contributed by atoms with Gasteiger partial charge in [-0.1, -0.05) is 6.07 Å². The number of halogens is 1. The molecule has 0 amide bonds. The number of nitrogen functional groups attached to an aromatic ring is 1. The number of hydrogen-bond acceptors (Lipinski definition) is 6. The van der Waals surface area contributed by atoms with E-state index in [0.29, 0.717) is 27.9 Å². The summed E-state index contributed by atoms with van der Waals surface area (Å²) in [5.41, 5.74) is 7.19. The highest BCUT2D eigenvalue weighted by molar-refractivity contribution is 6.06. The molecule has 21 heavy (non-hydrogen) atoms. The molecule has 1 saturated heterocycles. The van der Waals surface area contributed by atoms with E-state index in [4.69, 9.17) is 10.2 Å². The average Bonchev–Trinajstić information content (AvgIpc) is 2.87. The zero-order valence-corrected chi connectivity index (χ0v) is 11.3. The fraction of sp³-hybridized carbons (Fsp3) is 0.286. The van der Waals surface area contributed by atoms with Crippen LogP contribution in [0.15, 0.2) is 22.6 Å². The maximum Gasteiger partial charge on any atom is 0.222 e. The standard InChI is InChI=1S/C14H14FN5O/c15-8-2-1-3-9-10(8)11-12(21-9)13(19-14(16)18-11)20-6-4-17-5-7-20/h1-3,17H,4-7H2,(H2,16,18,19). The minimum atomic E-state index is -0.365. The highest BCUT2D eigenvalue weighted by Gasteiger charge is 2.22. The Kier molecular flexibility index (Phi) is 2.68. The van der Waals surface area contributed by atoms with Crippen molar-refractivity contribution in [2.24, 2.45) is 0 Å². The smallest absolute Gasteiger partial charge is 0.222 e. The summed E-state index contributed by atoms with van der Waals surface area (Å²) >= 11 is 0. The first-order valence-corrected chi connectivity index (χ1v) is 6.84. The molecule has 0 unspecified atom stereocenters. The Bertz CT molecular complexity index is 825. The first-order valence-electron chi connectivity index (χ1n) is 6.84. The molecule has 1 aromatic carbocycles. The molecule has 1 aliphatic heterocycles. The Labute approximate surface area is 119 Å². The van der Waals surface area contributed by atoms with Crippen molar-refractivity contribution in [2.45, 2.75) is 0 Å². The molecule has 3 aromatic rings. The molecule has 0 aliphatic carbocycles. The lowest BCUT2D eigenvalue weighted by Gasteiger charge is -2.28. The van der Waals surface area contributed by atoms with E-state index < -0.39 is 0 Å². The number of piperazine rings is 1. The summed E-state index contributed by atoms with van der Waals surface area (Å²) in [6.07, 6.45) is 0. The second kappa shape index (κ2) is 4.56. The number of furan rings is 1. The second-order valence-corrected chi connectivity index (χ2v) is 5.04. The highest BCUT2D eigenvalue weighted by Crippen LogP contribution is 2.34. The van der Waals surface area contributed by atoms with Gasteiger partial charge in [0.05, 0.1) is 5.39 Å². The number of nitrogens with two attached hydrogens (primary N) is 1. The van der Waals surface area contributed by atoms with E-state index in [0.717, 1.165) is 26.2 Å². The van der Waals surface area contributed by atoms with Gasteiger partial charge in [0.1, 0.15) is 16.9 Å². The van der Waals surface area contributed by atoms with Gasteiger partial charge in [-0.15, -0.1) is 0 Å². The van der Waals surface area contributed by atoms with E-state index in [1.165, 1.54) is 6.07 Å². The van der Waals surface area contributed by atoms with Gasteiger partial charge in [-0.2, -0.15) is 4.98 Å². The topological polar surface area (TPSA) is 80.2 Å². The lowest BCUT2D eigenvalue weighted by molar-refractivity contribution is 0.580. The van der Waals surface area contributed by atoms with Crippen LogP contribution in [-0.2, 0) is 0 Å². The summed E-state index contributed by atoms with van der Waals surface area (Å²) in [5.74, 6) is 0.396. The number of hydrogen-bond donors (Lipinski definition) is 2. The molecule has 0 radical (unpaired) electrons. The molecule has 4 rings (SSSR count). The van der Waals surface area contributed by atoms with Crippen molar-refractivity contribution in [1.29, 1.82) is 0 Å². The quantitative estimate of drug-likeness (QED) is 0.706. The van der Waals surface area contributed by atoms with Crippen molar-refractivity contribution in [3.05, 3.63) is 24.0 Å². The van der Waals surface area contributed by atoms with Gasteiger partial charge in [0.25, 0.3) is 0 Å². The van der Waals surface area contributed by atoms with Gasteiger partial charge in [0.15, 0.2) is 11.4 Å². The molecule has 3 N–H and O–H groups in total. The first-order chi connectivity index (χ1) is 10.2. The van der Waals surface area contributed by atoms with E-state index in [9.17, 15) is 4.39 Å². The van der Waals surface area contributed by atoms with Crippen molar-refractivity contribution in [1.82, 2.24) is 15.3 Å². The Morgan fingerprint density at radius 2 is 2.05 bits per heavy atom. The van der Waals surface area contributed by atoms with Crippen LogP contribution in [0.4, 0.5) is 16.2 Å². The van der Waals surface area contributed by atoms with Gasteiger partial charge in [-0.05, 0) is 12.1 Å². The maximum atomic E-state index is 14.1. The van der Waals surface area contributed by atoms with Crippen LogP contribution >= 0.6 is 0 Å². The molecule has 2 aromatic heterocycles. The van der Waals surface area contributed by atoms with Crippen molar-refractivity contribution >= 4 is 33.8 Å². The predicted octanol–water partition coefficient (Wildman–Crippen LogP) is 1.51. The molecule has 108 valence electrons. The molecule has 7 heteroatoms. The summed E-state index contributed by atoms with van der Waals surface area (Å²) in [6.45, 7) is 3.32. The maximum absolute atomic E-state index is 14.1. The number of nitrogens with one attached hydrogen (secondary N) is 1. The van der Waals surface area contributed by atoms with Gasteiger partial charge < -0.3 is 20.4 Å². The van der Waals surface area contributed by atoms with Gasteiger partial charge in [-0.25, -0.2) is 9.37 Å². The van der Waals surface area contributed by atoms with Crippen LogP contribution in [0.25, 0.3) is 22.1 Å². The molecule has 0 saturated carbocycles. The summed E-state index contributed by atoms with van der Waals surface area (Å²) in [5, 5.41) is 3.64. The van der Waals surface area contributed by atoms with Crippen molar-refractivity contribution < 1.29 is 8.81 Å². The van der Waals surface area contributed by atoms with Crippen molar-refractivity contribution in [3.8, 4) is 0 Å². The third-order valence-corrected chi connectivity index (χ3v) is 3.71. The highest BCUT2D eigenvalue weighted by atomic mass is 19.1. The molecule has 3 heterocycles. The van der Waals surface area contributed by atoms with E-state index in [2.05, 4.69) is 20.2 Å². The third-order valence-electron chi connectivity index (χ3n) is 3.71. The Balaban J connectivity index is 2.02. The molecule has 0 bridgehead atoms. The van der Waals surface area contributed by atoms with Crippen LogP contribution in [0.3, 0.4) is 0 Å². The van der Waals surface area contributed by atoms with Crippen LogP contribution in [-0.4, -0.2) is 36.1 Å². The predicted molar refractivity (Wildman–Crippen MR) is 78.8 cm³/mol. The van der Waals surface area contributed by atoms with E-state index in [-0.39, 0.29) is 11.8 Å². The zero-order valence-electron chi connectivity index (χ0n) is 11.3. The Morgan fingerprint density at radius 3 is 2.86 bits per heavy atom. The number of aromatic nitrogens is 2. The van der Waals surface area contributed by atoms with Gasteiger partial charge in [0, 0.05) is 26.2 Å². The third kappa shape index (κ3) is 1.89. The number of fused-ring (bicyclic) bond motifs is 3. The lowest BCUT2D eigenvalue weighted by Crippen LogP contribution is -2.44. The van der Waals surface area contributed by atoms with E-state index >= 15 is 0 Å². The summed E-state index contributed by atoms with van der Waals surface area (Å²) in [6, 6.07) is 4.72. The minimum Gasteiger partial charge on any atom is -0.450 e. The summed E-state index contributed by atoms with van der Waals surface area (Å²) in [4.78, 5) is 10.5. The molecule has 0 atom stereocenters. The van der Waals surface area contributed by atoms with Crippen molar-refractivity contribution in [3.63, 3.8) is 0 Å². The largest absolute Gasteiger partial charge is 0.450 e. The molecular formula is C14H14FN5O. The zero-order chi connectivity index (χ0) is 14.4. The molecular weight excluding hydrogens is 273 g/mol. The van der Waals surface area contributed by atoms with Crippen LogP contribution in [0.1, 0.15) is 0 Å². The number of anilines is 2. The van der Waals surface area contributed by atoms with Crippen LogP contribution in [0.2, 0.25) is 0 Å². The fourth-order valence-corrected chi connectivity index (χ4v) is 2.74. The van der Waals surface area contributed by atoms with Gasteiger partial charge >= 0.3 is 0 Å². The SMILES string of the molecule is Nc1nc(N2CCNCC2)c2oc3cccc(F)c3c2n1. The number of benzene rings is 1. The lowest BCUT2D eigenvalue weighted by atomic mass is 10.2. The molecule has 0 spiro atoms. The molecule has 6 nitrogen and oxygen atoms in total. The van der Waals surface area contributed by atoms with Gasteiger partial charge in [-0.3, -0.25) is 0 Å². The van der Waals surface area contributed by atoms with E-state index in [1.807, 2.05) is 0 Å². The number of nitrogens with zero attached hydrogens (tertiary/aromatic N) is 3. The van der Waals surface area contributed by atoms with Gasteiger partial charge in [0.2, 0.25) is 5.95 Å². The summed E-state index contributed by atoms with van der Waals surface area (Å²) in [7, 11) is 0. The fourth-order valence-electron chi connectivity index (χ4n) is 2.74. The first kappa shape index (κ1) is 12.3. The second-order valence-electron chi connectivity index (χ2n) is 5.04. The normalized spacial score (nSPS) is 16.0. The summed E-state index contributed by atoms with van der Waals surface area (Å²) < 4.78 is 19.9. The van der Waals surface area contributed by atoms with Crippen LogP contribution < -0.4 is 16.0 Å². The average molecular weight is 287 g/mol. The van der Waals surface area contributed by atoms with Crippen LogP contribution in [0, 0.1) is 5.82 Å². The Morgan fingerprint density at radius 1 is 1.24 bits per heavy atom. The van der Waals surface area contributed by atoms with Crippen molar-refractivity contribution in [2.75, 3.05) is 36.8 Å². The molecule has 1 aliphatic rings. The monoisotopic (exact) mass is 287 g/mol. The molecule has 1 fully saturated rings. The van der Waals surface area contributed by atoms with E-state index in [1.54, 1.807) is 12.1 Å². The number of rotatable bonds is 1. The minimum absolute atomic E-state index is 0.127.